The third-order valence-corrected chi connectivity index (χ3v) is 2.99. The zero-order valence-electron chi connectivity index (χ0n) is 13.9. The molecule has 0 spiro atoms. The molecule has 0 amide bonds. The molecule has 0 fully saturated rings. The Hall–Kier alpha value is -3.83. The Balaban J connectivity index is 2.36. The van der Waals surface area contributed by atoms with Crippen molar-refractivity contribution in [1.29, 1.82) is 15.8 Å². The molecule has 0 atom stereocenters. The van der Waals surface area contributed by atoms with Gasteiger partial charge in [-0.05, 0) is 39.0 Å². The van der Waals surface area contributed by atoms with E-state index >= 15 is 0 Å². The summed E-state index contributed by atoms with van der Waals surface area (Å²) in [6.45, 7) is 5.30. The van der Waals surface area contributed by atoms with Crippen LogP contribution in [0.3, 0.4) is 0 Å². The Bertz CT molecular complexity index is 973. The molecule has 8 heteroatoms. The molecule has 0 aliphatic heterocycles. The van der Waals surface area contributed by atoms with Crippen molar-refractivity contribution in [3.8, 4) is 18.2 Å². The second-order valence-electron chi connectivity index (χ2n) is 6.01. The lowest BCUT2D eigenvalue weighted by Gasteiger charge is -2.19. The molecule has 0 saturated carbocycles. The number of imidazole rings is 1. The van der Waals surface area contributed by atoms with Crippen LogP contribution in [0, 0.1) is 34.0 Å². The molecule has 0 unspecified atom stereocenters. The first-order valence-electron chi connectivity index (χ1n) is 7.21. The molecule has 2 rings (SSSR count). The van der Waals surface area contributed by atoms with Crippen LogP contribution in [-0.2, 0) is 4.74 Å². The summed E-state index contributed by atoms with van der Waals surface area (Å²) in [5.41, 5.74) is 0.373. The average Bonchev–Trinajstić information content (AvgIpc) is 2.96. The molecule has 0 saturated heterocycles. The Kier molecular flexibility index (Phi) is 4.72. The molecular weight excluding hydrogens is 320 g/mol. The second-order valence-corrected chi connectivity index (χ2v) is 6.01. The van der Waals surface area contributed by atoms with Crippen molar-refractivity contribution in [3.63, 3.8) is 0 Å². The summed E-state index contributed by atoms with van der Waals surface area (Å²) < 4.78 is 6.59. The first-order chi connectivity index (χ1) is 11.8. The summed E-state index contributed by atoms with van der Waals surface area (Å²) in [7, 11) is 0. The normalized spacial score (nSPS) is 10.2. The molecule has 0 aliphatic rings. The van der Waals surface area contributed by atoms with E-state index in [0.29, 0.717) is 16.7 Å². The predicted octanol–water partition coefficient (Wildman–Crippen LogP) is 3.06. The number of anilines is 1. The molecule has 2 aromatic rings. The highest BCUT2D eigenvalue weighted by molar-refractivity contribution is 5.88. The standard InChI is InChI=1S/C17H14N6O2/c1-17(2,3)25-16(24)23-10-21-13-6-12(4-5-15(13)23)22-14(9-20)11(7-18)8-19/h4-6,10,22H,1-3H3. The van der Waals surface area contributed by atoms with Crippen LogP contribution in [0.25, 0.3) is 11.0 Å². The van der Waals surface area contributed by atoms with Gasteiger partial charge in [0.2, 0.25) is 0 Å². The summed E-state index contributed by atoms with van der Waals surface area (Å²) in [6.07, 6.45) is 0.795. The van der Waals surface area contributed by atoms with Gasteiger partial charge in [0.15, 0.2) is 5.57 Å². The maximum atomic E-state index is 12.2. The van der Waals surface area contributed by atoms with Crippen LogP contribution >= 0.6 is 0 Å². The van der Waals surface area contributed by atoms with Crippen molar-refractivity contribution in [3.05, 3.63) is 35.8 Å². The van der Waals surface area contributed by atoms with Gasteiger partial charge in [0.1, 0.15) is 35.8 Å². The zero-order chi connectivity index (χ0) is 18.6. The van der Waals surface area contributed by atoms with Crippen molar-refractivity contribution in [2.45, 2.75) is 26.4 Å². The van der Waals surface area contributed by atoms with Crippen LogP contribution in [-0.4, -0.2) is 21.2 Å². The lowest BCUT2D eigenvalue weighted by molar-refractivity contribution is 0.0543. The van der Waals surface area contributed by atoms with E-state index in [1.165, 1.54) is 10.9 Å². The zero-order valence-corrected chi connectivity index (χ0v) is 13.9. The van der Waals surface area contributed by atoms with Gasteiger partial charge in [-0.1, -0.05) is 0 Å². The van der Waals surface area contributed by atoms with Gasteiger partial charge >= 0.3 is 6.09 Å². The van der Waals surface area contributed by atoms with Gasteiger partial charge in [0.05, 0.1) is 11.0 Å². The Morgan fingerprint density at radius 2 is 1.88 bits per heavy atom. The minimum Gasteiger partial charge on any atom is -0.443 e. The fraction of sp³-hybridized carbons (Fsp3) is 0.235. The Labute approximate surface area is 144 Å². The van der Waals surface area contributed by atoms with Crippen LogP contribution in [0.4, 0.5) is 10.5 Å². The van der Waals surface area contributed by atoms with Crippen LogP contribution < -0.4 is 5.32 Å². The van der Waals surface area contributed by atoms with E-state index in [2.05, 4.69) is 10.3 Å². The van der Waals surface area contributed by atoms with Crippen LogP contribution in [0.5, 0.6) is 0 Å². The van der Waals surface area contributed by atoms with Crippen LogP contribution in [0.2, 0.25) is 0 Å². The third-order valence-electron chi connectivity index (χ3n) is 2.99. The number of carbonyl (C=O) groups is 1. The molecule has 0 bridgehead atoms. The number of hydrogen-bond acceptors (Lipinski definition) is 7. The number of fused-ring (bicyclic) bond motifs is 1. The number of carbonyl (C=O) groups excluding carboxylic acids is 1. The number of allylic oxidation sites excluding steroid dienone is 2. The quantitative estimate of drug-likeness (QED) is 0.836. The lowest BCUT2D eigenvalue weighted by Crippen LogP contribution is -2.26. The summed E-state index contributed by atoms with van der Waals surface area (Å²) >= 11 is 0. The van der Waals surface area contributed by atoms with Gasteiger partial charge in [-0.25, -0.2) is 14.3 Å². The number of ether oxygens (including phenoxy) is 1. The van der Waals surface area contributed by atoms with E-state index in [1.54, 1.807) is 57.2 Å². The summed E-state index contributed by atoms with van der Waals surface area (Å²) in [5.74, 6) is 0. The Morgan fingerprint density at radius 1 is 1.20 bits per heavy atom. The molecule has 1 heterocycles. The van der Waals surface area contributed by atoms with E-state index in [-0.39, 0.29) is 11.3 Å². The molecular formula is C17H14N6O2. The molecule has 0 aliphatic carbocycles. The summed E-state index contributed by atoms with van der Waals surface area (Å²) in [5, 5.41) is 29.5. The van der Waals surface area contributed by atoms with Gasteiger partial charge in [-0.15, -0.1) is 0 Å². The Morgan fingerprint density at radius 3 is 2.44 bits per heavy atom. The van der Waals surface area contributed by atoms with E-state index < -0.39 is 11.7 Å². The lowest BCUT2D eigenvalue weighted by atomic mass is 10.2. The highest BCUT2D eigenvalue weighted by Crippen LogP contribution is 2.21. The molecule has 1 N–H and O–H groups in total. The molecule has 8 nitrogen and oxygen atoms in total. The van der Waals surface area contributed by atoms with Gasteiger partial charge < -0.3 is 10.1 Å². The minimum absolute atomic E-state index is 0.157. The SMILES string of the molecule is CC(C)(C)OC(=O)n1cnc2cc(NC(C#N)=C(C#N)C#N)ccc21. The van der Waals surface area contributed by atoms with Gasteiger partial charge in [-0.2, -0.15) is 15.8 Å². The number of benzene rings is 1. The number of rotatable bonds is 2. The summed E-state index contributed by atoms with van der Waals surface area (Å²) in [6, 6.07) is 9.91. The predicted molar refractivity (Wildman–Crippen MR) is 88.9 cm³/mol. The van der Waals surface area contributed by atoms with Crippen LogP contribution in [0.15, 0.2) is 35.8 Å². The molecule has 1 aromatic carbocycles. The van der Waals surface area contributed by atoms with Crippen molar-refractivity contribution < 1.29 is 9.53 Å². The monoisotopic (exact) mass is 334 g/mol. The topological polar surface area (TPSA) is 128 Å². The second kappa shape index (κ2) is 6.74. The van der Waals surface area contributed by atoms with E-state index in [1.807, 2.05) is 0 Å². The van der Waals surface area contributed by atoms with E-state index in [4.69, 9.17) is 20.5 Å². The molecule has 1 aromatic heterocycles. The fourth-order valence-corrected chi connectivity index (χ4v) is 1.97. The molecule has 124 valence electrons. The first-order valence-corrected chi connectivity index (χ1v) is 7.21. The van der Waals surface area contributed by atoms with Crippen molar-refractivity contribution in [1.82, 2.24) is 9.55 Å². The van der Waals surface area contributed by atoms with Gasteiger partial charge in [0, 0.05) is 5.69 Å². The molecule has 25 heavy (non-hydrogen) atoms. The molecule has 0 radical (unpaired) electrons. The number of nitrogens with zero attached hydrogens (tertiary/aromatic N) is 5. The number of hydrogen-bond donors (Lipinski definition) is 1. The third kappa shape index (κ3) is 3.93. The fourth-order valence-electron chi connectivity index (χ4n) is 1.97. The van der Waals surface area contributed by atoms with Crippen molar-refractivity contribution in [2.24, 2.45) is 0 Å². The van der Waals surface area contributed by atoms with Crippen molar-refractivity contribution >= 4 is 22.8 Å². The van der Waals surface area contributed by atoms with Gasteiger partial charge in [-0.3, -0.25) is 0 Å². The highest BCUT2D eigenvalue weighted by atomic mass is 16.6. The van der Waals surface area contributed by atoms with E-state index in [9.17, 15) is 4.79 Å². The summed E-state index contributed by atoms with van der Waals surface area (Å²) in [4.78, 5) is 16.3. The first kappa shape index (κ1) is 17.5. The van der Waals surface area contributed by atoms with Gasteiger partial charge in [0.25, 0.3) is 0 Å². The highest BCUT2D eigenvalue weighted by Gasteiger charge is 2.19. The number of nitrogens with one attached hydrogen (secondary N) is 1. The number of aromatic nitrogens is 2. The average molecular weight is 334 g/mol. The van der Waals surface area contributed by atoms with Crippen molar-refractivity contribution in [2.75, 3.05) is 5.32 Å². The minimum atomic E-state index is -0.632. The maximum absolute atomic E-state index is 12.2. The number of nitriles is 3. The smallest absolute Gasteiger partial charge is 0.420 e. The van der Waals surface area contributed by atoms with Crippen LogP contribution in [0.1, 0.15) is 20.8 Å². The van der Waals surface area contributed by atoms with E-state index in [0.717, 1.165) is 0 Å². The largest absolute Gasteiger partial charge is 0.443 e. The maximum Gasteiger partial charge on any atom is 0.420 e.